The lowest BCUT2D eigenvalue weighted by molar-refractivity contribution is -0.132. The van der Waals surface area contributed by atoms with E-state index >= 15 is 0 Å². The topological polar surface area (TPSA) is 62.6 Å². The van der Waals surface area contributed by atoms with Crippen molar-refractivity contribution < 1.29 is 14.0 Å². The molecule has 4 bridgehead atoms. The van der Waals surface area contributed by atoms with Crippen molar-refractivity contribution in [1.82, 2.24) is 10.2 Å². The quantitative estimate of drug-likeness (QED) is 0.915. The molecule has 0 aromatic carbocycles. The molecule has 4 aliphatic carbocycles. The molecule has 5 fully saturated rings. The minimum absolute atomic E-state index is 0.0311. The van der Waals surface area contributed by atoms with Crippen molar-refractivity contribution in [2.75, 3.05) is 6.54 Å². The number of carbonyl (C=O) groups is 2. The van der Waals surface area contributed by atoms with E-state index in [9.17, 15) is 9.59 Å². The molecule has 5 nitrogen and oxygen atoms in total. The van der Waals surface area contributed by atoms with Gasteiger partial charge in [0.15, 0.2) is 0 Å². The van der Waals surface area contributed by atoms with Gasteiger partial charge in [-0.3, -0.25) is 9.59 Å². The van der Waals surface area contributed by atoms with E-state index in [-0.39, 0.29) is 23.3 Å². The Kier molecular flexibility index (Phi) is 3.47. The van der Waals surface area contributed by atoms with Crippen LogP contribution in [0.4, 0.5) is 0 Å². The summed E-state index contributed by atoms with van der Waals surface area (Å²) in [6.07, 6.45) is 9.52. The van der Waals surface area contributed by atoms with Crippen LogP contribution in [0.25, 0.3) is 0 Å². The Labute approximate surface area is 148 Å². The summed E-state index contributed by atoms with van der Waals surface area (Å²) in [5.41, 5.74) is 0.0311. The molecule has 1 N–H and O–H groups in total. The van der Waals surface area contributed by atoms with E-state index in [0.29, 0.717) is 19.5 Å². The van der Waals surface area contributed by atoms with Gasteiger partial charge in [-0.2, -0.15) is 0 Å². The number of nitrogens with one attached hydrogen (secondary N) is 1. The van der Waals surface area contributed by atoms with Crippen molar-refractivity contribution in [2.45, 2.75) is 57.0 Å². The number of furan rings is 1. The third kappa shape index (κ3) is 2.77. The van der Waals surface area contributed by atoms with Crippen molar-refractivity contribution in [1.29, 1.82) is 0 Å². The van der Waals surface area contributed by atoms with Crippen LogP contribution < -0.4 is 5.32 Å². The fourth-order valence-corrected chi connectivity index (χ4v) is 6.32. The SMILES string of the molecule is O=C(NC12CC3CC(CC(C3)C1)C2)[C@H]1CC(=O)N(Cc2ccco2)C1. The number of likely N-dealkylation sites (tertiary alicyclic amines) is 1. The number of rotatable bonds is 4. The van der Waals surface area contributed by atoms with Gasteiger partial charge in [0.25, 0.3) is 0 Å². The predicted octanol–water partition coefficient (Wildman–Crippen LogP) is 2.71. The Hall–Kier alpha value is -1.78. The molecule has 1 atom stereocenters. The highest BCUT2D eigenvalue weighted by atomic mass is 16.3. The van der Waals surface area contributed by atoms with Crippen LogP contribution in [0.5, 0.6) is 0 Å². The Morgan fingerprint density at radius 1 is 1.20 bits per heavy atom. The molecule has 6 rings (SSSR count). The second-order valence-corrected chi connectivity index (χ2v) is 8.94. The third-order valence-corrected chi connectivity index (χ3v) is 6.94. The van der Waals surface area contributed by atoms with E-state index in [1.165, 1.54) is 19.3 Å². The van der Waals surface area contributed by atoms with Gasteiger partial charge >= 0.3 is 0 Å². The predicted molar refractivity (Wildman–Crippen MR) is 91.3 cm³/mol. The van der Waals surface area contributed by atoms with Gasteiger partial charge in [-0.15, -0.1) is 0 Å². The largest absolute Gasteiger partial charge is 0.467 e. The highest BCUT2D eigenvalue weighted by molar-refractivity contribution is 5.89. The number of nitrogens with zero attached hydrogens (tertiary/aromatic N) is 1. The summed E-state index contributed by atoms with van der Waals surface area (Å²) in [5.74, 6) is 3.15. The van der Waals surface area contributed by atoms with E-state index in [2.05, 4.69) is 5.32 Å². The molecule has 1 aromatic heterocycles. The van der Waals surface area contributed by atoms with Gasteiger partial charge in [0.2, 0.25) is 11.8 Å². The molecule has 0 radical (unpaired) electrons. The zero-order valence-corrected chi connectivity index (χ0v) is 14.6. The number of carbonyl (C=O) groups excluding carboxylic acids is 2. The zero-order valence-electron chi connectivity index (χ0n) is 14.6. The van der Waals surface area contributed by atoms with E-state index in [1.54, 1.807) is 11.2 Å². The molecule has 25 heavy (non-hydrogen) atoms. The fourth-order valence-electron chi connectivity index (χ4n) is 6.32. The monoisotopic (exact) mass is 342 g/mol. The average molecular weight is 342 g/mol. The third-order valence-electron chi connectivity index (χ3n) is 6.94. The molecule has 1 aliphatic heterocycles. The summed E-state index contributed by atoms with van der Waals surface area (Å²) in [4.78, 5) is 26.9. The van der Waals surface area contributed by atoms with Crippen LogP contribution >= 0.6 is 0 Å². The molecular formula is C20H26N2O3. The minimum atomic E-state index is -0.213. The summed E-state index contributed by atoms with van der Waals surface area (Å²) in [6, 6.07) is 3.70. The molecule has 134 valence electrons. The van der Waals surface area contributed by atoms with Crippen LogP contribution in [0.3, 0.4) is 0 Å². The molecule has 4 saturated carbocycles. The summed E-state index contributed by atoms with van der Waals surface area (Å²) >= 11 is 0. The van der Waals surface area contributed by atoms with Gasteiger partial charge in [-0.05, 0) is 68.4 Å². The fraction of sp³-hybridized carbons (Fsp3) is 0.700. The smallest absolute Gasteiger partial charge is 0.225 e. The molecular weight excluding hydrogens is 316 g/mol. The molecule has 2 amide bonds. The van der Waals surface area contributed by atoms with Gasteiger partial charge in [0.05, 0.1) is 18.7 Å². The first-order valence-corrected chi connectivity index (χ1v) is 9.71. The Morgan fingerprint density at radius 2 is 1.88 bits per heavy atom. The summed E-state index contributed by atoms with van der Waals surface area (Å²) < 4.78 is 5.34. The van der Waals surface area contributed by atoms with E-state index in [4.69, 9.17) is 4.42 Å². The maximum atomic E-state index is 12.9. The molecule has 2 heterocycles. The molecule has 1 aromatic rings. The van der Waals surface area contributed by atoms with Crippen LogP contribution in [0.2, 0.25) is 0 Å². The van der Waals surface area contributed by atoms with Crippen LogP contribution in [-0.2, 0) is 16.1 Å². The lowest BCUT2D eigenvalue weighted by atomic mass is 9.53. The maximum Gasteiger partial charge on any atom is 0.225 e. The van der Waals surface area contributed by atoms with Crippen molar-refractivity contribution >= 4 is 11.8 Å². The highest BCUT2D eigenvalue weighted by Crippen LogP contribution is 2.55. The van der Waals surface area contributed by atoms with Gasteiger partial charge in [0, 0.05) is 18.5 Å². The Morgan fingerprint density at radius 3 is 2.48 bits per heavy atom. The van der Waals surface area contributed by atoms with Gasteiger partial charge in [0.1, 0.15) is 5.76 Å². The van der Waals surface area contributed by atoms with E-state index in [0.717, 1.165) is 42.8 Å². The van der Waals surface area contributed by atoms with Gasteiger partial charge in [-0.25, -0.2) is 0 Å². The number of hydrogen-bond donors (Lipinski definition) is 1. The molecule has 5 aliphatic rings. The normalized spacial score (nSPS) is 39.2. The lowest BCUT2D eigenvalue weighted by Gasteiger charge is -2.57. The molecule has 0 unspecified atom stereocenters. The standard InChI is InChI=1S/C20H26N2O3/c23-18-7-16(11-22(18)12-17-2-1-3-25-17)19(24)21-20-8-13-4-14(9-20)6-15(5-13)10-20/h1-3,13-16H,4-12H2,(H,21,24)/t13?,14?,15?,16-,20?/m0/s1. The summed E-state index contributed by atoms with van der Waals surface area (Å²) in [7, 11) is 0. The van der Waals surface area contributed by atoms with Crippen molar-refractivity contribution in [3.8, 4) is 0 Å². The molecule has 5 heteroatoms. The van der Waals surface area contributed by atoms with Crippen LogP contribution in [0.15, 0.2) is 22.8 Å². The maximum absolute atomic E-state index is 12.9. The van der Waals surface area contributed by atoms with Crippen LogP contribution in [-0.4, -0.2) is 28.8 Å². The highest BCUT2D eigenvalue weighted by Gasteiger charge is 2.52. The summed E-state index contributed by atoms with van der Waals surface area (Å²) in [6.45, 7) is 0.977. The van der Waals surface area contributed by atoms with Crippen LogP contribution in [0.1, 0.15) is 50.7 Å². The van der Waals surface area contributed by atoms with Crippen LogP contribution in [0, 0.1) is 23.7 Å². The van der Waals surface area contributed by atoms with Gasteiger partial charge < -0.3 is 14.6 Å². The first kappa shape index (κ1) is 15.5. The Bertz CT molecular complexity index is 646. The van der Waals surface area contributed by atoms with Crippen molar-refractivity contribution in [3.63, 3.8) is 0 Å². The van der Waals surface area contributed by atoms with Gasteiger partial charge in [-0.1, -0.05) is 0 Å². The molecule has 1 saturated heterocycles. The van der Waals surface area contributed by atoms with E-state index < -0.39 is 0 Å². The minimum Gasteiger partial charge on any atom is -0.467 e. The van der Waals surface area contributed by atoms with E-state index in [1.807, 2.05) is 12.1 Å². The van der Waals surface area contributed by atoms with Crippen molar-refractivity contribution in [3.05, 3.63) is 24.2 Å². The number of amides is 2. The molecule has 0 spiro atoms. The summed E-state index contributed by atoms with van der Waals surface area (Å²) in [5, 5.41) is 3.43. The average Bonchev–Trinajstić information content (AvgIpc) is 3.16. The Balaban J connectivity index is 1.24. The lowest BCUT2D eigenvalue weighted by Crippen LogP contribution is -2.60. The number of hydrogen-bond acceptors (Lipinski definition) is 3. The second kappa shape index (κ2) is 5.61. The van der Waals surface area contributed by atoms with Crippen molar-refractivity contribution in [2.24, 2.45) is 23.7 Å². The zero-order chi connectivity index (χ0) is 17.0. The second-order valence-electron chi connectivity index (χ2n) is 8.94. The first-order valence-electron chi connectivity index (χ1n) is 9.71. The first-order chi connectivity index (χ1) is 12.1.